The molecule has 78 valence electrons. The zero-order valence-corrected chi connectivity index (χ0v) is 8.61. The second kappa shape index (κ2) is 3.65. The molecule has 0 saturated carbocycles. The quantitative estimate of drug-likeness (QED) is 0.787. The molecular formula is C11H12N2O2. The maximum atomic E-state index is 9.43. The van der Waals surface area contributed by atoms with Crippen LogP contribution in [0.5, 0.6) is 11.5 Å². The van der Waals surface area contributed by atoms with Gasteiger partial charge < -0.3 is 14.8 Å². The molecular weight excluding hydrogens is 192 g/mol. The van der Waals surface area contributed by atoms with Gasteiger partial charge in [0.15, 0.2) is 11.5 Å². The maximum Gasteiger partial charge on any atom is 0.161 e. The maximum absolute atomic E-state index is 9.43. The molecule has 15 heavy (non-hydrogen) atoms. The van der Waals surface area contributed by atoms with Gasteiger partial charge in [-0.05, 0) is 25.1 Å². The fourth-order valence-corrected chi connectivity index (χ4v) is 1.38. The summed E-state index contributed by atoms with van der Waals surface area (Å²) in [6, 6.07) is 5.12. The smallest absolute Gasteiger partial charge is 0.161 e. The Kier molecular flexibility index (Phi) is 2.33. The summed E-state index contributed by atoms with van der Waals surface area (Å²) >= 11 is 0. The highest BCUT2D eigenvalue weighted by molar-refractivity contribution is 5.60. The number of methoxy groups -OCH3 is 1. The van der Waals surface area contributed by atoms with Crippen molar-refractivity contribution in [2.75, 3.05) is 7.11 Å². The minimum atomic E-state index is 0.129. The van der Waals surface area contributed by atoms with Gasteiger partial charge in [0, 0.05) is 17.5 Å². The van der Waals surface area contributed by atoms with E-state index in [-0.39, 0.29) is 5.75 Å². The van der Waals surface area contributed by atoms with E-state index >= 15 is 0 Å². The van der Waals surface area contributed by atoms with Gasteiger partial charge in [-0.15, -0.1) is 0 Å². The molecule has 0 spiro atoms. The van der Waals surface area contributed by atoms with Gasteiger partial charge >= 0.3 is 0 Å². The summed E-state index contributed by atoms with van der Waals surface area (Å²) < 4.78 is 5.02. The first kappa shape index (κ1) is 9.58. The van der Waals surface area contributed by atoms with Crippen LogP contribution in [0.3, 0.4) is 0 Å². The van der Waals surface area contributed by atoms with Crippen LogP contribution in [0.25, 0.3) is 11.4 Å². The number of aromatic hydroxyl groups is 1. The average Bonchev–Trinajstić information content (AvgIpc) is 2.66. The molecule has 0 aliphatic heterocycles. The third-order valence-corrected chi connectivity index (χ3v) is 2.16. The van der Waals surface area contributed by atoms with Crippen molar-refractivity contribution in [3.63, 3.8) is 0 Å². The van der Waals surface area contributed by atoms with Gasteiger partial charge in [-0.2, -0.15) is 0 Å². The average molecular weight is 204 g/mol. The first-order valence-corrected chi connectivity index (χ1v) is 4.59. The number of rotatable bonds is 2. The van der Waals surface area contributed by atoms with E-state index in [0.29, 0.717) is 5.75 Å². The predicted octanol–water partition coefficient (Wildman–Crippen LogP) is 2.10. The fourth-order valence-electron chi connectivity index (χ4n) is 1.38. The highest BCUT2D eigenvalue weighted by Crippen LogP contribution is 2.29. The lowest BCUT2D eigenvalue weighted by molar-refractivity contribution is 0.373. The summed E-state index contributed by atoms with van der Waals surface area (Å²) in [5.41, 5.74) is 1.88. The van der Waals surface area contributed by atoms with Crippen molar-refractivity contribution in [1.82, 2.24) is 9.97 Å². The second-order valence-corrected chi connectivity index (χ2v) is 3.30. The molecule has 2 rings (SSSR count). The van der Waals surface area contributed by atoms with Gasteiger partial charge in [0.25, 0.3) is 0 Å². The summed E-state index contributed by atoms with van der Waals surface area (Å²) in [6.45, 7) is 1.94. The van der Waals surface area contributed by atoms with Crippen molar-refractivity contribution >= 4 is 0 Å². The Labute approximate surface area is 87.6 Å². The van der Waals surface area contributed by atoms with Gasteiger partial charge in [-0.3, -0.25) is 0 Å². The van der Waals surface area contributed by atoms with Gasteiger partial charge in [-0.1, -0.05) is 0 Å². The number of H-pyrrole nitrogens is 1. The van der Waals surface area contributed by atoms with Crippen molar-refractivity contribution in [3.8, 4) is 22.9 Å². The highest BCUT2D eigenvalue weighted by atomic mass is 16.5. The van der Waals surface area contributed by atoms with Gasteiger partial charge in [0.05, 0.1) is 7.11 Å². The third kappa shape index (κ3) is 1.79. The van der Waals surface area contributed by atoms with E-state index in [1.165, 1.54) is 7.11 Å². The lowest BCUT2D eigenvalue weighted by Crippen LogP contribution is -1.86. The molecule has 0 atom stereocenters. The standard InChI is InChI=1S/C11H12N2O2/c1-7-6-12-11(13-7)8-3-4-9(14)10(5-8)15-2/h3-6,14H,1-2H3,(H,12,13). The largest absolute Gasteiger partial charge is 0.504 e. The molecule has 2 aromatic rings. The highest BCUT2D eigenvalue weighted by Gasteiger charge is 2.06. The monoisotopic (exact) mass is 204 g/mol. The number of hydrogen-bond acceptors (Lipinski definition) is 3. The van der Waals surface area contributed by atoms with E-state index in [0.717, 1.165) is 17.1 Å². The number of nitrogens with one attached hydrogen (secondary N) is 1. The zero-order chi connectivity index (χ0) is 10.8. The predicted molar refractivity (Wildman–Crippen MR) is 57.0 cm³/mol. The third-order valence-electron chi connectivity index (χ3n) is 2.16. The van der Waals surface area contributed by atoms with Crippen LogP contribution in [0.1, 0.15) is 5.69 Å². The van der Waals surface area contributed by atoms with Crippen molar-refractivity contribution < 1.29 is 9.84 Å². The van der Waals surface area contributed by atoms with E-state index in [4.69, 9.17) is 4.74 Å². The number of aromatic amines is 1. The number of phenolic OH excluding ortho intramolecular Hbond substituents is 1. The first-order chi connectivity index (χ1) is 7.20. The van der Waals surface area contributed by atoms with Crippen LogP contribution >= 0.6 is 0 Å². The van der Waals surface area contributed by atoms with E-state index in [1.807, 2.05) is 6.92 Å². The number of hydrogen-bond donors (Lipinski definition) is 2. The molecule has 0 radical (unpaired) electrons. The van der Waals surface area contributed by atoms with E-state index in [9.17, 15) is 5.11 Å². The van der Waals surface area contributed by atoms with Crippen molar-refractivity contribution in [1.29, 1.82) is 0 Å². The number of ether oxygens (including phenoxy) is 1. The Hall–Kier alpha value is -1.97. The molecule has 1 heterocycles. The molecule has 0 unspecified atom stereocenters. The molecule has 0 aliphatic rings. The van der Waals surface area contributed by atoms with Crippen LogP contribution in [0.2, 0.25) is 0 Å². The summed E-state index contributed by atoms with van der Waals surface area (Å²) in [4.78, 5) is 7.31. The molecule has 1 aromatic carbocycles. The van der Waals surface area contributed by atoms with Crippen LogP contribution < -0.4 is 4.74 Å². The van der Waals surface area contributed by atoms with Crippen LogP contribution in [0.15, 0.2) is 24.4 Å². The minimum Gasteiger partial charge on any atom is -0.504 e. The molecule has 0 saturated heterocycles. The zero-order valence-electron chi connectivity index (χ0n) is 8.61. The van der Waals surface area contributed by atoms with Crippen molar-refractivity contribution in [3.05, 3.63) is 30.1 Å². The molecule has 4 nitrogen and oxygen atoms in total. The van der Waals surface area contributed by atoms with Gasteiger partial charge in [0.2, 0.25) is 0 Å². The summed E-state index contributed by atoms with van der Waals surface area (Å²) in [5.74, 6) is 1.34. The Bertz CT molecular complexity index is 477. The number of aryl methyl sites for hydroxylation is 1. The molecule has 1 aromatic heterocycles. The van der Waals surface area contributed by atoms with Crippen LogP contribution in [-0.4, -0.2) is 22.2 Å². The second-order valence-electron chi connectivity index (χ2n) is 3.30. The normalized spacial score (nSPS) is 10.3. The van der Waals surface area contributed by atoms with Gasteiger partial charge in [0.1, 0.15) is 5.82 Å². The van der Waals surface area contributed by atoms with Crippen molar-refractivity contribution in [2.24, 2.45) is 0 Å². The molecule has 4 heteroatoms. The lowest BCUT2D eigenvalue weighted by Gasteiger charge is -2.04. The number of imidazole rings is 1. The van der Waals surface area contributed by atoms with Crippen molar-refractivity contribution in [2.45, 2.75) is 6.92 Å². The number of benzene rings is 1. The first-order valence-electron chi connectivity index (χ1n) is 4.59. The molecule has 0 aliphatic carbocycles. The van der Waals surface area contributed by atoms with E-state index in [2.05, 4.69) is 9.97 Å². The summed E-state index contributed by atoms with van der Waals surface area (Å²) in [5, 5.41) is 9.43. The number of aromatic nitrogens is 2. The summed E-state index contributed by atoms with van der Waals surface area (Å²) in [6.07, 6.45) is 1.76. The summed E-state index contributed by atoms with van der Waals surface area (Å²) in [7, 11) is 1.52. The lowest BCUT2D eigenvalue weighted by atomic mass is 10.2. The number of nitrogens with zero attached hydrogens (tertiary/aromatic N) is 1. The Morgan fingerprint density at radius 1 is 1.40 bits per heavy atom. The fraction of sp³-hybridized carbons (Fsp3) is 0.182. The van der Waals surface area contributed by atoms with Crippen LogP contribution in [0.4, 0.5) is 0 Å². The van der Waals surface area contributed by atoms with Crippen LogP contribution in [0, 0.1) is 6.92 Å². The Balaban J connectivity index is 2.45. The molecule has 0 fully saturated rings. The molecule has 0 amide bonds. The molecule has 2 N–H and O–H groups in total. The Morgan fingerprint density at radius 2 is 2.20 bits per heavy atom. The van der Waals surface area contributed by atoms with Crippen LogP contribution in [-0.2, 0) is 0 Å². The Morgan fingerprint density at radius 3 is 2.80 bits per heavy atom. The number of phenols is 1. The topological polar surface area (TPSA) is 58.1 Å². The minimum absolute atomic E-state index is 0.129. The SMILES string of the molecule is COc1cc(-c2ncc(C)[nH]2)ccc1O. The van der Waals surface area contributed by atoms with E-state index in [1.54, 1.807) is 24.4 Å². The molecule has 0 bridgehead atoms. The van der Waals surface area contributed by atoms with E-state index < -0.39 is 0 Å². The van der Waals surface area contributed by atoms with Gasteiger partial charge in [-0.25, -0.2) is 4.98 Å².